The third-order valence-corrected chi connectivity index (χ3v) is 13.2. The third kappa shape index (κ3) is 15.8. The molecule has 5 rings (SSSR count). The third-order valence-electron chi connectivity index (χ3n) is 10.9. The molecule has 1 saturated heterocycles. The number of nitrogens with zero attached hydrogens (tertiary/aromatic N) is 2. The lowest BCUT2D eigenvalue weighted by molar-refractivity contribution is -0.334. The quantitative estimate of drug-likeness (QED) is 0.125. The normalized spacial score (nSPS) is 24.1. The largest absolute Gasteiger partial charge is 0.387 e. The molecule has 16 nitrogen and oxygen atoms in total. The summed E-state index contributed by atoms with van der Waals surface area (Å²) >= 11 is 2.92. The molecule has 3 aliphatic rings. The summed E-state index contributed by atoms with van der Waals surface area (Å²) in [5, 5.41) is 47.7. The van der Waals surface area contributed by atoms with Gasteiger partial charge in [-0.2, -0.15) is 0 Å². The van der Waals surface area contributed by atoms with E-state index in [1.807, 2.05) is 96.1 Å². The monoisotopic (exact) mass is 996 g/mol. The van der Waals surface area contributed by atoms with Gasteiger partial charge in [-0.3, -0.25) is 19.2 Å². The number of aliphatic hydroxyl groups excluding tert-OH is 4. The second-order valence-electron chi connectivity index (χ2n) is 19.4. The van der Waals surface area contributed by atoms with E-state index in [-0.39, 0.29) is 34.9 Å². The molecule has 10 atom stereocenters. The molecular weight excluding hydrogens is 925 g/mol. The van der Waals surface area contributed by atoms with Gasteiger partial charge >= 0.3 is 0 Å². The summed E-state index contributed by atoms with van der Waals surface area (Å²) in [6.45, 7) is 23.4. The minimum absolute atomic E-state index is 0.120. The summed E-state index contributed by atoms with van der Waals surface area (Å²) < 4.78 is 22.6. The second-order valence-corrected chi connectivity index (χ2v) is 21.6. The lowest BCUT2D eigenvalue weighted by Gasteiger charge is -2.45. The Morgan fingerprint density at radius 3 is 1.71 bits per heavy atom. The Morgan fingerprint density at radius 2 is 1.26 bits per heavy atom. The number of carbonyl (C=O) groups excluding carboxylic acids is 4. The molecular formula is C51H72N4O12S2. The van der Waals surface area contributed by atoms with E-state index in [2.05, 4.69) is 23.8 Å². The van der Waals surface area contributed by atoms with Gasteiger partial charge in [0.15, 0.2) is 18.0 Å². The molecule has 0 aromatic heterocycles. The van der Waals surface area contributed by atoms with Gasteiger partial charge in [-0.25, -0.2) is 0 Å². The summed E-state index contributed by atoms with van der Waals surface area (Å²) in [6, 6.07) is 13.4. The van der Waals surface area contributed by atoms with Crippen molar-refractivity contribution < 1.29 is 58.6 Å². The topological polar surface area (TPSA) is 217 Å². The number of nitrogens with one attached hydrogen (secondary N) is 2. The molecule has 380 valence electrons. The summed E-state index contributed by atoms with van der Waals surface area (Å²) in [5.41, 5.74) is 1.16. The van der Waals surface area contributed by atoms with Gasteiger partial charge in [-0.1, -0.05) is 102 Å². The molecule has 6 N–H and O–H groups in total. The molecule has 3 aliphatic heterocycles. The van der Waals surface area contributed by atoms with E-state index in [0.717, 1.165) is 21.2 Å². The van der Waals surface area contributed by atoms with Crippen LogP contribution in [0, 0.1) is 10.8 Å². The van der Waals surface area contributed by atoms with Crippen molar-refractivity contribution in [3.63, 3.8) is 0 Å². The Balaban J connectivity index is 0.000000302. The molecule has 4 amide bonds. The van der Waals surface area contributed by atoms with Gasteiger partial charge in [0.2, 0.25) is 0 Å². The highest BCUT2D eigenvalue weighted by Gasteiger charge is 2.48. The molecule has 3 heterocycles. The van der Waals surface area contributed by atoms with Gasteiger partial charge in [-0.05, 0) is 48.9 Å². The lowest BCUT2D eigenvalue weighted by Crippen LogP contribution is -2.62. The van der Waals surface area contributed by atoms with Gasteiger partial charge in [0.1, 0.15) is 48.7 Å². The lowest BCUT2D eigenvalue weighted by atomic mass is 9.93. The molecule has 18 heteroatoms. The molecule has 1 fully saturated rings. The number of ether oxygens (including phenoxy) is 4. The number of allylic oxidation sites excluding steroid dienone is 2. The van der Waals surface area contributed by atoms with Crippen molar-refractivity contribution in [3.05, 3.63) is 98.1 Å². The van der Waals surface area contributed by atoms with Crippen LogP contribution in [0.1, 0.15) is 55.4 Å². The average Bonchev–Trinajstić information content (AvgIpc) is 3.50. The number of anilines is 2. The van der Waals surface area contributed by atoms with Crippen molar-refractivity contribution in [3.8, 4) is 0 Å². The number of aliphatic hydroxyl groups is 4. The van der Waals surface area contributed by atoms with Crippen LogP contribution >= 0.6 is 23.5 Å². The first-order chi connectivity index (χ1) is 32.4. The van der Waals surface area contributed by atoms with Crippen LogP contribution < -0.4 is 20.4 Å². The van der Waals surface area contributed by atoms with Gasteiger partial charge in [0, 0.05) is 48.6 Å². The van der Waals surface area contributed by atoms with Crippen LogP contribution in [0.3, 0.4) is 0 Å². The Bertz CT molecular complexity index is 2160. The van der Waals surface area contributed by atoms with Crippen LogP contribution in [0.5, 0.6) is 0 Å². The zero-order valence-electron chi connectivity index (χ0n) is 41.4. The van der Waals surface area contributed by atoms with Gasteiger partial charge < -0.3 is 59.8 Å². The van der Waals surface area contributed by atoms with Gasteiger partial charge in [-0.15, -0.1) is 36.7 Å². The second kappa shape index (κ2) is 25.2. The van der Waals surface area contributed by atoms with Gasteiger partial charge in [0.25, 0.3) is 23.6 Å². The van der Waals surface area contributed by atoms with Crippen molar-refractivity contribution in [2.24, 2.45) is 10.8 Å². The number of carbonyl (C=O) groups is 4. The molecule has 2 aromatic rings. The first-order valence-electron chi connectivity index (χ1n) is 22.8. The number of hydrogen-bond donors (Lipinski definition) is 6. The molecule has 0 bridgehead atoms. The summed E-state index contributed by atoms with van der Waals surface area (Å²) in [6.07, 6.45) is -0.239. The fourth-order valence-electron chi connectivity index (χ4n) is 7.52. The Morgan fingerprint density at radius 1 is 0.783 bits per heavy atom. The minimum atomic E-state index is -1.72. The predicted octanol–water partition coefficient (Wildman–Crippen LogP) is 4.79. The van der Waals surface area contributed by atoms with Crippen molar-refractivity contribution >= 4 is 58.5 Å². The zero-order chi connectivity index (χ0) is 51.4. The molecule has 69 heavy (non-hydrogen) atoms. The van der Waals surface area contributed by atoms with Gasteiger partial charge in [0.05, 0.1) is 11.4 Å². The highest BCUT2D eigenvalue weighted by molar-refractivity contribution is 7.99. The van der Waals surface area contributed by atoms with E-state index in [0.29, 0.717) is 12.3 Å². The molecule has 2 unspecified atom stereocenters. The van der Waals surface area contributed by atoms with Crippen molar-refractivity contribution in [2.45, 2.75) is 132 Å². The highest BCUT2D eigenvalue weighted by Crippen LogP contribution is 2.36. The summed E-state index contributed by atoms with van der Waals surface area (Å²) in [7, 11) is 2.59. The first kappa shape index (κ1) is 57.2. The van der Waals surface area contributed by atoms with Crippen LogP contribution in [-0.2, 0) is 38.1 Å². The van der Waals surface area contributed by atoms with Crippen LogP contribution in [0.25, 0.3) is 0 Å². The molecule has 0 aliphatic carbocycles. The number of fused-ring (bicyclic) bond motifs is 2. The predicted molar refractivity (Wildman–Crippen MR) is 270 cm³/mol. The first-order valence-corrected chi connectivity index (χ1v) is 24.7. The molecule has 0 spiro atoms. The maximum Gasteiger partial charge on any atom is 0.252 e. The van der Waals surface area contributed by atoms with Crippen LogP contribution in [0.4, 0.5) is 11.4 Å². The SMILES string of the molecule is C=CCN1C(=O)C(NC(=O)[C@H](OC)[C@@H]2OC(C)(C)O[C@H](/C=C/C(C)(C)C)[C@@H]2O)CSc2ccccc21.C=CCN1C(=O)C(NC(=O)[C@H](OC)[C@H](O)[C@@H](O)[C@H](O)/C=C/C(C)(C)C)CSc2ccccc21. The summed E-state index contributed by atoms with van der Waals surface area (Å²) in [4.78, 5) is 58.0. The van der Waals surface area contributed by atoms with E-state index in [4.69, 9.17) is 18.9 Å². The number of methoxy groups -OCH3 is 2. The highest BCUT2D eigenvalue weighted by atomic mass is 32.2. The molecule has 2 aromatic carbocycles. The minimum Gasteiger partial charge on any atom is -0.387 e. The summed E-state index contributed by atoms with van der Waals surface area (Å²) in [5.74, 6) is -2.30. The standard InChI is InChI=1S/C27H38N2O6S.C24H34N2O6S/c1-8-15-29-18-11-9-10-12-20(18)36-16-17(25(29)32)28-24(31)23(33-7)22-21(30)19(13-14-26(2,3)4)34-27(5,6)35-22;1-6-13-26-16-9-7-8-10-18(16)33-14-15(23(26)31)25-22(30)21(32-5)20(29)19(28)17(27)11-12-24(2,3)4/h8-14,17,19,21-23,30H,1,15-16H2,2-7H3,(H,28,31);6-12,15,17,19-21,27-29H,1,13-14H2,2-5H3,(H,25,30)/b14-13+;12-11+/t17?,19-,21+,22-,23-;15?,17-,19+,20-,21-/m11/s1. The van der Waals surface area contributed by atoms with E-state index >= 15 is 0 Å². The Kier molecular flexibility index (Phi) is 20.9. The number of hydrogen-bond acceptors (Lipinski definition) is 14. The number of para-hydroxylation sites is 2. The number of benzene rings is 2. The van der Waals surface area contributed by atoms with E-state index in [1.54, 1.807) is 48.0 Å². The number of amides is 4. The fraction of sp³-hybridized carbons (Fsp3) is 0.529. The number of thioether (sulfide) groups is 2. The van der Waals surface area contributed by atoms with E-state index < -0.39 is 78.5 Å². The maximum atomic E-state index is 13.4. The Hall–Kier alpha value is -4.34. The zero-order valence-corrected chi connectivity index (χ0v) is 43.0. The van der Waals surface area contributed by atoms with Crippen molar-refractivity contribution in [2.75, 3.05) is 48.6 Å². The van der Waals surface area contributed by atoms with Crippen molar-refractivity contribution in [1.82, 2.24) is 10.6 Å². The van der Waals surface area contributed by atoms with E-state index in [9.17, 15) is 39.6 Å². The smallest absolute Gasteiger partial charge is 0.252 e. The molecule has 0 radical (unpaired) electrons. The van der Waals surface area contributed by atoms with E-state index in [1.165, 1.54) is 43.8 Å². The maximum absolute atomic E-state index is 13.4. The Labute approximate surface area is 415 Å². The van der Waals surface area contributed by atoms with Crippen molar-refractivity contribution in [1.29, 1.82) is 0 Å². The van der Waals surface area contributed by atoms with Crippen LogP contribution in [0.15, 0.2) is 108 Å². The molecule has 0 saturated carbocycles. The van der Waals surface area contributed by atoms with Crippen LogP contribution in [0.2, 0.25) is 0 Å². The number of rotatable bonds is 16. The average molecular weight is 997 g/mol. The van der Waals surface area contributed by atoms with Crippen LogP contribution in [-0.4, -0.2) is 150 Å². The fourth-order valence-corrected chi connectivity index (χ4v) is 9.66.